The summed E-state index contributed by atoms with van der Waals surface area (Å²) in [6.07, 6.45) is 12.6. The molecule has 0 aromatic rings. The Morgan fingerprint density at radius 3 is 2.17 bits per heavy atom. The van der Waals surface area contributed by atoms with Crippen LogP contribution in [-0.4, -0.2) is 60.9 Å². The lowest BCUT2D eigenvalue weighted by molar-refractivity contribution is -0.260. The number of unbranched alkanes of at least 4 members (excludes halogenated alkanes) is 5. The molecule has 0 amide bonds. The van der Waals surface area contributed by atoms with Crippen LogP contribution in [0.2, 0.25) is 0 Å². The molecule has 3 heterocycles. The molecule has 0 aromatic carbocycles. The smallest absolute Gasteiger partial charge is 0.339 e. The first-order valence-corrected chi connectivity index (χ1v) is 11.9. The Balaban J connectivity index is 1.62. The number of carboxylic acid groups (broad SMARTS) is 1. The Labute approximate surface area is 175 Å². The Morgan fingerprint density at radius 1 is 0.862 bits per heavy atom. The molecule has 3 aliphatic heterocycles. The van der Waals surface area contributed by atoms with Crippen LogP contribution in [0.4, 0.5) is 0 Å². The van der Waals surface area contributed by atoms with Crippen LogP contribution in [0.1, 0.15) is 90.4 Å². The molecule has 3 aliphatic rings. The second-order valence-electron chi connectivity index (χ2n) is 8.94. The molecule has 0 bridgehead atoms. The monoisotopic (exact) mass is 412 g/mol. The summed E-state index contributed by atoms with van der Waals surface area (Å²) < 4.78 is 24.6. The molecule has 6 heteroatoms. The van der Waals surface area contributed by atoms with Crippen molar-refractivity contribution >= 4 is 5.97 Å². The first-order valence-electron chi connectivity index (χ1n) is 11.9. The quantitative estimate of drug-likeness (QED) is 0.450. The van der Waals surface area contributed by atoms with Crippen LogP contribution in [0.15, 0.2) is 0 Å². The number of hydrogen-bond acceptors (Lipinski definition) is 5. The van der Waals surface area contributed by atoms with E-state index in [0.717, 1.165) is 38.7 Å². The van der Waals surface area contributed by atoms with Crippen molar-refractivity contribution < 1.29 is 28.8 Å². The van der Waals surface area contributed by atoms with E-state index in [1.165, 1.54) is 32.1 Å². The largest absolute Gasteiger partial charge is 0.479 e. The van der Waals surface area contributed by atoms with Crippen LogP contribution in [-0.2, 0) is 23.7 Å². The lowest BCUT2D eigenvalue weighted by atomic mass is 9.65. The fourth-order valence-electron chi connectivity index (χ4n) is 5.72. The van der Waals surface area contributed by atoms with Crippen molar-refractivity contribution in [1.29, 1.82) is 0 Å². The van der Waals surface area contributed by atoms with E-state index in [-0.39, 0.29) is 0 Å². The summed E-state index contributed by atoms with van der Waals surface area (Å²) in [5, 5.41) is 10.2. The second kappa shape index (κ2) is 10.6. The first-order chi connectivity index (χ1) is 14.1. The highest BCUT2D eigenvalue weighted by molar-refractivity contribution is 5.80. The zero-order valence-corrected chi connectivity index (χ0v) is 18.2. The van der Waals surface area contributed by atoms with Crippen LogP contribution in [0.25, 0.3) is 0 Å². The molecule has 29 heavy (non-hydrogen) atoms. The maximum atomic E-state index is 12.4. The van der Waals surface area contributed by atoms with Crippen molar-refractivity contribution in [2.45, 2.75) is 107 Å². The van der Waals surface area contributed by atoms with Crippen molar-refractivity contribution in [2.75, 3.05) is 33.0 Å². The number of aliphatic carboxylic acids is 1. The summed E-state index contributed by atoms with van der Waals surface area (Å²) in [4.78, 5) is 12.4. The molecule has 0 radical (unpaired) electrons. The van der Waals surface area contributed by atoms with Gasteiger partial charge in [-0.25, -0.2) is 4.79 Å². The molecule has 0 aliphatic carbocycles. The average Bonchev–Trinajstić information content (AvgIpc) is 3.47. The third kappa shape index (κ3) is 4.51. The number of rotatable bonds is 13. The predicted molar refractivity (Wildman–Crippen MR) is 110 cm³/mol. The summed E-state index contributed by atoms with van der Waals surface area (Å²) in [6.45, 7) is 5.27. The Bertz CT molecular complexity index is 501. The van der Waals surface area contributed by atoms with E-state index in [1.54, 1.807) is 0 Å². The fourth-order valence-corrected chi connectivity index (χ4v) is 5.72. The molecule has 1 N–H and O–H groups in total. The number of hydrogen-bond donors (Lipinski definition) is 1. The van der Waals surface area contributed by atoms with Gasteiger partial charge in [0.1, 0.15) is 11.2 Å². The van der Waals surface area contributed by atoms with Crippen molar-refractivity contribution in [1.82, 2.24) is 0 Å². The molecule has 3 saturated heterocycles. The highest BCUT2D eigenvalue weighted by Crippen LogP contribution is 2.56. The van der Waals surface area contributed by atoms with E-state index in [9.17, 15) is 9.90 Å². The highest BCUT2D eigenvalue weighted by Gasteiger charge is 2.71. The molecule has 0 saturated carbocycles. The minimum Gasteiger partial charge on any atom is -0.479 e. The Hall–Kier alpha value is -0.690. The average molecular weight is 413 g/mol. The van der Waals surface area contributed by atoms with Gasteiger partial charge >= 0.3 is 5.97 Å². The standard InChI is InChI=1S/C23H40O6/c1-2-3-4-5-6-7-15-26-19-14-21(11-8-16-27-21)23(13-10-18-29-23)22(20(24)25)12-9-17-28-22/h2-19H2,1H3,(H,24,25)/t21-,22-,23-/m0/s1. The van der Waals surface area contributed by atoms with E-state index in [1.807, 2.05) is 0 Å². The number of ether oxygens (including phenoxy) is 4. The molecule has 0 spiro atoms. The van der Waals surface area contributed by atoms with E-state index in [2.05, 4.69) is 6.92 Å². The van der Waals surface area contributed by atoms with E-state index >= 15 is 0 Å². The minimum absolute atomic E-state index is 0.474. The lowest BCUT2D eigenvalue weighted by Crippen LogP contribution is -2.70. The summed E-state index contributed by atoms with van der Waals surface area (Å²) in [7, 11) is 0. The van der Waals surface area contributed by atoms with Crippen LogP contribution < -0.4 is 0 Å². The van der Waals surface area contributed by atoms with Gasteiger partial charge < -0.3 is 24.1 Å². The summed E-state index contributed by atoms with van der Waals surface area (Å²) in [5.74, 6) is -0.903. The van der Waals surface area contributed by atoms with Crippen molar-refractivity contribution in [3.63, 3.8) is 0 Å². The normalized spacial score (nSPS) is 34.8. The summed E-state index contributed by atoms with van der Waals surface area (Å²) in [6, 6.07) is 0. The zero-order valence-electron chi connectivity index (χ0n) is 18.2. The van der Waals surface area contributed by atoms with E-state index in [4.69, 9.17) is 18.9 Å². The molecule has 168 valence electrons. The summed E-state index contributed by atoms with van der Waals surface area (Å²) in [5.41, 5.74) is -2.84. The fraction of sp³-hybridized carbons (Fsp3) is 0.957. The van der Waals surface area contributed by atoms with Crippen molar-refractivity contribution in [3.8, 4) is 0 Å². The van der Waals surface area contributed by atoms with Crippen LogP contribution in [0.5, 0.6) is 0 Å². The highest BCUT2D eigenvalue weighted by atomic mass is 16.6. The molecule has 6 nitrogen and oxygen atoms in total. The third-order valence-electron chi connectivity index (χ3n) is 7.17. The molecule has 3 fully saturated rings. The summed E-state index contributed by atoms with van der Waals surface area (Å²) >= 11 is 0. The van der Waals surface area contributed by atoms with Crippen LogP contribution in [0, 0.1) is 0 Å². The van der Waals surface area contributed by atoms with Gasteiger partial charge in [0.05, 0.1) is 0 Å². The molecule has 3 atom stereocenters. The Kier molecular flexibility index (Phi) is 8.37. The van der Waals surface area contributed by atoms with Crippen molar-refractivity contribution in [2.24, 2.45) is 0 Å². The second-order valence-corrected chi connectivity index (χ2v) is 8.94. The Morgan fingerprint density at radius 2 is 1.55 bits per heavy atom. The van der Waals surface area contributed by atoms with Gasteiger partial charge in [0, 0.05) is 39.5 Å². The predicted octanol–water partition coefficient (Wildman–Crippen LogP) is 4.49. The number of carbonyl (C=O) groups is 1. The van der Waals surface area contributed by atoms with E-state index < -0.39 is 22.8 Å². The van der Waals surface area contributed by atoms with E-state index in [0.29, 0.717) is 45.7 Å². The minimum atomic E-state index is -1.30. The SMILES string of the molecule is CCCCCCCCOCC[C@]1([C@]2([C@@]3(C(=O)O)CCCO3)CCCO2)CCCO1. The molecular formula is C23H40O6. The van der Waals surface area contributed by atoms with Gasteiger partial charge in [0.25, 0.3) is 0 Å². The van der Waals surface area contributed by atoms with Gasteiger partial charge in [0.2, 0.25) is 0 Å². The maximum Gasteiger partial charge on any atom is 0.339 e. The third-order valence-corrected chi connectivity index (χ3v) is 7.17. The number of carboxylic acids is 1. The van der Waals surface area contributed by atoms with Gasteiger partial charge in [-0.3, -0.25) is 0 Å². The maximum absolute atomic E-state index is 12.4. The van der Waals surface area contributed by atoms with Gasteiger partial charge in [-0.05, 0) is 44.9 Å². The molecule has 3 rings (SSSR count). The zero-order chi connectivity index (χ0) is 20.6. The molecular weight excluding hydrogens is 372 g/mol. The molecule has 0 aromatic heterocycles. The topological polar surface area (TPSA) is 74.2 Å². The van der Waals surface area contributed by atoms with Gasteiger partial charge in [-0.15, -0.1) is 0 Å². The van der Waals surface area contributed by atoms with Crippen LogP contribution in [0.3, 0.4) is 0 Å². The van der Waals surface area contributed by atoms with Gasteiger partial charge in [0.15, 0.2) is 5.60 Å². The van der Waals surface area contributed by atoms with Gasteiger partial charge in [-0.1, -0.05) is 39.0 Å². The first kappa shape index (κ1) is 23.0. The lowest BCUT2D eigenvalue weighted by Gasteiger charge is -2.52. The van der Waals surface area contributed by atoms with Crippen molar-refractivity contribution in [3.05, 3.63) is 0 Å². The molecule has 0 unspecified atom stereocenters. The van der Waals surface area contributed by atoms with Gasteiger partial charge in [-0.2, -0.15) is 0 Å². The van der Waals surface area contributed by atoms with Crippen LogP contribution >= 0.6 is 0 Å².